The number of hydrogen-bond donors (Lipinski definition) is 0. The van der Waals surface area contributed by atoms with Crippen LogP contribution >= 0.6 is 23.2 Å². The average molecular weight is 311 g/mol. The average Bonchev–Trinajstić information content (AvgIpc) is 2.95. The zero-order valence-electron chi connectivity index (χ0n) is 9.70. The van der Waals surface area contributed by atoms with Crippen LogP contribution in [0.15, 0.2) is 30.9 Å². The van der Waals surface area contributed by atoms with E-state index >= 15 is 0 Å². The van der Waals surface area contributed by atoms with Gasteiger partial charge in [0.25, 0.3) is 5.95 Å². The molecule has 6 nitrogen and oxygen atoms in total. The Bertz CT molecular complexity index is 762. The van der Waals surface area contributed by atoms with Crippen molar-refractivity contribution >= 4 is 23.2 Å². The van der Waals surface area contributed by atoms with Gasteiger partial charge >= 0.3 is 0 Å². The lowest BCUT2D eigenvalue weighted by atomic mass is 10.2. The van der Waals surface area contributed by atoms with Gasteiger partial charge in [0.05, 0.1) is 5.02 Å². The largest absolute Gasteiger partial charge is 0.256 e. The van der Waals surface area contributed by atoms with E-state index in [1.807, 2.05) is 0 Å². The minimum Gasteiger partial charge on any atom is -0.223 e. The molecule has 1 aromatic carbocycles. The summed E-state index contributed by atoms with van der Waals surface area (Å²) in [6.07, 6.45) is 2.76. The molecule has 0 bridgehead atoms. The Kier molecular flexibility index (Phi) is 3.29. The summed E-state index contributed by atoms with van der Waals surface area (Å²) in [7, 11) is 0. The van der Waals surface area contributed by atoms with E-state index in [9.17, 15) is 4.39 Å². The number of rotatable bonds is 2. The molecule has 0 aliphatic rings. The first kappa shape index (κ1) is 12.9. The van der Waals surface area contributed by atoms with E-state index in [4.69, 9.17) is 23.2 Å². The Morgan fingerprint density at radius 2 is 1.95 bits per heavy atom. The van der Waals surface area contributed by atoms with Gasteiger partial charge in [-0.25, -0.2) is 9.37 Å². The predicted octanol–water partition coefficient (Wildman–Crippen LogP) is 2.57. The molecule has 2 aromatic heterocycles. The Balaban J connectivity index is 2.12. The number of hydrogen-bond acceptors (Lipinski definition) is 5. The van der Waals surface area contributed by atoms with Gasteiger partial charge in [0.1, 0.15) is 18.5 Å². The molecule has 0 unspecified atom stereocenters. The summed E-state index contributed by atoms with van der Waals surface area (Å²) in [4.78, 5) is 15.9. The van der Waals surface area contributed by atoms with Gasteiger partial charge in [-0.15, -0.1) is 0 Å². The van der Waals surface area contributed by atoms with Gasteiger partial charge in [-0.05, 0) is 29.8 Å². The van der Waals surface area contributed by atoms with Gasteiger partial charge in [0, 0.05) is 5.56 Å². The van der Waals surface area contributed by atoms with Crippen LogP contribution in [0.5, 0.6) is 0 Å². The van der Waals surface area contributed by atoms with Crippen molar-refractivity contribution in [2.45, 2.75) is 0 Å². The van der Waals surface area contributed by atoms with E-state index in [0.29, 0.717) is 5.56 Å². The molecule has 0 radical (unpaired) electrons. The zero-order valence-corrected chi connectivity index (χ0v) is 11.2. The summed E-state index contributed by atoms with van der Waals surface area (Å²) in [5, 5.41) is 3.86. The van der Waals surface area contributed by atoms with Crippen molar-refractivity contribution in [3.63, 3.8) is 0 Å². The van der Waals surface area contributed by atoms with Crippen LogP contribution in [0.1, 0.15) is 0 Å². The first-order valence-corrected chi connectivity index (χ1v) is 6.11. The molecular formula is C11H5Cl2FN6. The van der Waals surface area contributed by atoms with Crippen LogP contribution in [0.25, 0.3) is 17.3 Å². The zero-order chi connectivity index (χ0) is 14.1. The molecule has 0 aliphatic heterocycles. The fourth-order valence-electron chi connectivity index (χ4n) is 1.52. The summed E-state index contributed by atoms with van der Waals surface area (Å²) < 4.78 is 14.5. The van der Waals surface area contributed by atoms with Gasteiger partial charge in [-0.1, -0.05) is 11.6 Å². The second kappa shape index (κ2) is 5.10. The smallest absolute Gasteiger partial charge is 0.223 e. The summed E-state index contributed by atoms with van der Waals surface area (Å²) in [6.45, 7) is 0. The molecule has 3 rings (SSSR count). The lowest BCUT2D eigenvalue weighted by Crippen LogP contribution is -2.05. The van der Waals surface area contributed by atoms with E-state index in [2.05, 4.69) is 25.0 Å². The Morgan fingerprint density at radius 3 is 2.65 bits per heavy atom. The first-order valence-electron chi connectivity index (χ1n) is 5.35. The summed E-state index contributed by atoms with van der Waals surface area (Å²) in [5.74, 6) is -0.0533. The fourth-order valence-corrected chi connectivity index (χ4v) is 1.85. The molecule has 0 saturated heterocycles. The van der Waals surface area contributed by atoms with Crippen molar-refractivity contribution < 1.29 is 4.39 Å². The molecule has 3 aromatic rings. The standard InChI is InChI=1S/C11H5Cl2FN6/c12-7-3-6(1-2-8(7)14)9-17-10(13)19-11(18-9)20-5-15-4-16-20/h1-5H. The molecule has 20 heavy (non-hydrogen) atoms. The highest BCUT2D eigenvalue weighted by Crippen LogP contribution is 2.23. The Hall–Kier alpha value is -2.12. The maximum Gasteiger partial charge on any atom is 0.256 e. The number of aromatic nitrogens is 6. The van der Waals surface area contributed by atoms with Crippen LogP contribution in [-0.2, 0) is 0 Å². The summed E-state index contributed by atoms with van der Waals surface area (Å²) in [6, 6.07) is 4.14. The Labute approximate surface area is 122 Å². The molecule has 0 spiro atoms. The highest BCUT2D eigenvalue weighted by molar-refractivity contribution is 6.31. The number of halogens is 3. The van der Waals surface area contributed by atoms with Crippen LogP contribution < -0.4 is 0 Å². The van der Waals surface area contributed by atoms with Crippen molar-refractivity contribution in [3.05, 3.63) is 47.0 Å². The van der Waals surface area contributed by atoms with Crippen molar-refractivity contribution in [3.8, 4) is 17.3 Å². The normalized spacial score (nSPS) is 10.8. The van der Waals surface area contributed by atoms with Gasteiger partial charge in [0.2, 0.25) is 5.28 Å². The van der Waals surface area contributed by atoms with Crippen molar-refractivity contribution in [1.82, 2.24) is 29.7 Å². The summed E-state index contributed by atoms with van der Waals surface area (Å²) >= 11 is 11.6. The minimum atomic E-state index is -0.521. The number of nitrogens with zero attached hydrogens (tertiary/aromatic N) is 6. The molecule has 9 heteroatoms. The molecule has 0 saturated carbocycles. The molecule has 0 N–H and O–H groups in total. The molecule has 2 heterocycles. The van der Waals surface area contributed by atoms with Gasteiger partial charge in [-0.2, -0.15) is 24.7 Å². The van der Waals surface area contributed by atoms with Crippen molar-refractivity contribution in [2.75, 3.05) is 0 Å². The van der Waals surface area contributed by atoms with Crippen LogP contribution in [0.4, 0.5) is 4.39 Å². The maximum absolute atomic E-state index is 13.2. The van der Waals surface area contributed by atoms with Crippen molar-refractivity contribution in [1.29, 1.82) is 0 Å². The quantitative estimate of drug-likeness (QED) is 0.727. The highest BCUT2D eigenvalue weighted by atomic mass is 35.5. The van der Waals surface area contributed by atoms with Crippen LogP contribution in [0.3, 0.4) is 0 Å². The second-order valence-corrected chi connectivity index (χ2v) is 4.44. The van der Waals surface area contributed by atoms with Crippen LogP contribution in [0.2, 0.25) is 10.3 Å². The third-order valence-electron chi connectivity index (χ3n) is 2.40. The lowest BCUT2D eigenvalue weighted by molar-refractivity contribution is 0.628. The van der Waals surface area contributed by atoms with Gasteiger partial charge < -0.3 is 0 Å². The summed E-state index contributed by atoms with van der Waals surface area (Å²) in [5.41, 5.74) is 0.516. The second-order valence-electron chi connectivity index (χ2n) is 3.70. The van der Waals surface area contributed by atoms with E-state index in [0.717, 1.165) is 0 Å². The molecule has 0 aliphatic carbocycles. The fraction of sp³-hybridized carbons (Fsp3) is 0. The van der Waals surface area contributed by atoms with Gasteiger partial charge in [-0.3, -0.25) is 0 Å². The van der Waals surface area contributed by atoms with E-state index in [1.165, 1.54) is 35.5 Å². The maximum atomic E-state index is 13.2. The van der Waals surface area contributed by atoms with Gasteiger partial charge in [0.15, 0.2) is 5.82 Å². The minimum absolute atomic E-state index is 0.0130. The molecule has 100 valence electrons. The van der Waals surface area contributed by atoms with Crippen LogP contribution in [-0.4, -0.2) is 29.7 Å². The van der Waals surface area contributed by atoms with E-state index < -0.39 is 5.82 Å². The van der Waals surface area contributed by atoms with Crippen molar-refractivity contribution in [2.24, 2.45) is 0 Å². The predicted molar refractivity (Wildman–Crippen MR) is 70.2 cm³/mol. The Morgan fingerprint density at radius 1 is 1.10 bits per heavy atom. The third kappa shape index (κ3) is 2.45. The molecule has 0 atom stereocenters. The van der Waals surface area contributed by atoms with Crippen LogP contribution in [0, 0.1) is 5.82 Å². The molecule has 0 amide bonds. The van der Waals surface area contributed by atoms with E-state index in [1.54, 1.807) is 0 Å². The van der Waals surface area contributed by atoms with E-state index in [-0.39, 0.29) is 22.1 Å². The first-order chi connectivity index (χ1) is 9.63. The third-order valence-corrected chi connectivity index (χ3v) is 2.86. The topological polar surface area (TPSA) is 69.4 Å². The number of benzene rings is 1. The molecular weight excluding hydrogens is 306 g/mol. The SMILES string of the molecule is Fc1ccc(-c2nc(Cl)nc(-n3cncn3)n2)cc1Cl. The molecule has 0 fully saturated rings. The monoisotopic (exact) mass is 310 g/mol. The lowest BCUT2D eigenvalue weighted by Gasteiger charge is -2.04. The highest BCUT2D eigenvalue weighted by Gasteiger charge is 2.11.